The molecular formula is C24H18N4O3S2. The van der Waals surface area contributed by atoms with E-state index in [0.717, 1.165) is 32.5 Å². The van der Waals surface area contributed by atoms with E-state index in [9.17, 15) is 9.59 Å². The molecule has 1 amide bonds. The van der Waals surface area contributed by atoms with Crippen LogP contribution in [0.15, 0.2) is 86.5 Å². The summed E-state index contributed by atoms with van der Waals surface area (Å²) >= 11 is 3.10. The minimum Gasteiger partial charge on any atom is -0.423 e. The van der Waals surface area contributed by atoms with Gasteiger partial charge < -0.3 is 9.73 Å². The summed E-state index contributed by atoms with van der Waals surface area (Å²) < 4.78 is 7.40. The number of nitrogens with zero attached hydrogens (tertiary/aromatic N) is 3. The number of hydrogen-bond donors (Lipinski definition) is 1. The van der Waals surface area contributed by atoms with Crippen molar-refractivity contribution in [2.75, 3.05) is 5.32 Å². The first kappa shape index (κ1) is 21.2. The van der Waals surface area contributed by atoms with E-state index in [4.69, 9.17) is 4.42 Å². The van der Waals surface area contributed by atoms with Crippen LogP contribution in [0.1, 0.15) is 12.5 Å². The first-order valence-electron chi connectivity index (χ1n) is 10.1. The monoisotopic (exact) mass is 474 g/mol. The summed E-state index contributed by atoms with van der Waals surface area (Å²) in [5, 5.41) is 15.1. The Morgan fingerprint density at radius 3 is 2.70 bits per heavy atom. The molecule has 9 heteroatoms. The average Bonchev–Trinajstić information content (AvgIpc) is 3.47. The predicted octanol–water partition coefficient (Wildman–Crippen LogP) is 5.35. The van der Waals surface area contributed by atoms with Crippen molar-refractivity contribution in [1.82, 2.24) is 14.8 Å². The Bertz CT molecular complexity index is 1490. The van der Waals surface area contributed by atoms with Crippen molar-refractivity contribution >= 4 is 45.7 Å². The fourth-order valence-electron chi connectivity index (χ4n) is 3.51. The van der Waals surface area contributed by atoms with Gasteiger partial charge in [-0.25, -0.2) is 4.79 Å². The van der Waals surface area contributed by atoms with Gasteiger partial charge in [0, 0.05) is 41.6 Å². The van der Waals surface area contributed by atoms with E-state index in [1.165, 1.54) is 24.8 Å². The minimum absolute atomic E-state index is 0.190. The van der Waals surface area contributed by atoms with Gasteiger partial charge in [-0.05, 0) is 41.3 Å². The van der Waals surface area contributed by atoms with Crippen LogP contribution in [-0.2, 0) is 10.5 Å². The fraction of sp³-hybridized carbons (Fsp3) is 0.0833. The highest BCUT2D eigenvalue weighted by Crippen LogP contribution is 2.33. The Balaban J connectivity index is 1.51. The van der Waals surface area contributed by atoms with Crippen molar-refractivity contribution in [1.29, 1.82) is 0 Å². The van der Waals surface area contributed by atoms with E-state index in [0.29, 0.717) is 17.0 Å². The number of thiophene rings is 1. The highest BCUT2D eigenvalue weighted by atomic mass is 32.2. The molecule has 5 rings (SSSR count). The van der Waals surface area contributed by atoms with Gasteiger partial charge >= 0.3 is 5.63 Å². The molecule has 1 N–H and O–H groups in total. The zero-order valence-electron chi connectivity index (χ0n) is 17.5. The number of fused-ring (bicyclic) bond motifs is 1. The van der Waals surface area contributed by atoms with E-state index < -0.39 is 5.63 Å². The smallest absolute Gasteiger partial charge is 0.336 e. The maximum atomic E-state index is 12.2. The molecule has 0 aliphatic carbocycles. The van der Waals surface area contributed by atoms with Gasteiger partial charge in [-0.1, -0.05) is 36.0 Å². The molecule has 0 saturated carbocycles. The number of hydrogen-bond acceptors (Lipinski definition) is 7. The van der Waals surface area contributed by atoms with E-state index in [1.807, 2.05) is 58.5 Å². The number of para-hydroxylation sites is 1. The molecule has 0 atom stereocenters. The van der Waals surface area contributed by atoms with E-state index in [-0.39, 0.29) is 5.91 Å². The second-order valence-electron chi connectivity index (χ2n) is 7.23. The number of benzene rings is 2. The van der Waals surface area contributed by atoms with Gasteiger partial charge in [0.25, 0.3) is 0 Å². The molecule has 0 fully saturated rings. The van der Waals surface area contributed by atoms with Crippen LogP contribution in [0.2, 0.25) is 0 Å². The molecule has 164 valence electrons. The van der Waals surface area contributed by atoms with Crippen LogP contribution in [0, 0.1) is 0 Å². The van der Waals surface area contributed by atoms with Crippen LogP contribution in [0.25, 0.3) is 27.4 Å². The van der Waals surface area contributed by atoms with Gasteiger partial charge in [-0.3, -0.25) is 9.36 Å². The summed E-state index contributed by atoms with van der Waals surface area (Å²) in [6, 6.07) is 20.8. The van der Waals surface area contributed by atoms with Crippen LogP contribution in [0.3, 0.4) is 0 Å². The maximum absolute atomic E-state index is 12.2. The van der Waals surface area contributed by atoms with E-state index >= 15 is 0 Å². The molecule has 33 heavy (non-hydrogen) atoms. The number of aromatic nitrogens is 3. The third-order valence-corrected chi connectivity index (χ3v) is 6.74. The molecule has 0 unspecified atom stereocenters. The summed E-state index contributed by atoms with van der Waals surface area (Å²) in [4.78, 5) is 24.6. The van der Waals surface area contributed by atoms with Gasteiger partial charge in [-0.2, -0.15) is 0 Å². The second-order valence-corrected chi connectivity index (χ2v) is 9.12. The summed E-state index contributed by atoms with van der Waals surface area (Å²) in [5.41, 5.74) is 2.34. The third kappa shape index (κ3) is 4.46. The molecule has 0 bridgehead atoms. The Hall–Kier alpha value is -3.69. The minimum atomic E-state index is -0.443. The molecule has 3 heterocycles. The first-order valence-corrected chi connectivity index (χ1v) is 12.0. The molecule has 0 radical (unpaired) electrons. The zero-order valence-corrected chi connectivity index (χ0v) is 19.2. The number of rotatable bonds is 6. The van der Waals surface area contributed by atoms with Crippen LogP contribution in [0.4, 0.5) is 5.69 Å². The Labute approximate surface area is 197 Å². The number of anilines is 1. The number of carbonyl (C=O) groups is 1. The maximum Gasteiger partial charge on any atom is 0.336 e. The van der Waals surface area contributed by atoms with Crippen molar-refractivity contribution in [3.8, 4) is 16.4 Å². The SMILES string of the molecule is CC(=O)Nc1ccc2c(CSc3nnc(-c4cccs4)n3-c3ccccc3)cc(=O)oc2c1. The summed E-state index contributed by atoms with van der Waals surface area (Å²) in [7, 11) is 0. The molecule has 0 saturated heterocycles. The van der Waals surface area contributed by atoms with Gasteiger partial charge in [0.2, 0.25) is 5.91 Å². The summed E-state index contributed by atoms with van der Waals surface area (Å²) in [5.74, 6) is 1.08. The molecule has 5 aromatic rings. The Morgan fingerprint density at radius 2 is 1.94 bits per heavy atom. The lowest BCUT2D eigenvalue weighted by Crippen LogP contribution is -2.06. The molecule has 2 aromatic carbocycles. The predicted molar refractivity (Wildman–Crippen MR) is 131 cm³/mol. The molecular weight excluding hydrogens is 456 g/mol. The lowest BCUT2D eigenvalue weighted by atomic mass is 10.1. The molecule has 0 aliphatic heterocycles. The quantitative estimate of drug-likeness (QED) is 0.263. The first-order chi connectivity index (χ1) is 16.1. The number of amides is 1. The largest absolute Gasteiger partial charge is 0.423 e. The van der Waals surface area contributed by atoms with Crippen molar-refractivity contribution < 1.29 is 9.21 Å². The standard InChI is InChI=1S/C24H18N4O3S2/c1-15(29)25-17-9-10-19-16(12-22(30)31-20(19)13-17)14-33-24-27-26-23(21-8-5-11-32-21)28(24)18-6-3-2-4-7-18/h2-13H,14H2,1H3,(H,25,29). The fourth-order valence-corrected chi connectivity index (χ4v) is 5.15. The Morgan fingerprint density at radius 1 is 1.09 bits per heavy atom. The van der Waals surface area contributed by atoms with Crippen molar-refractivity contribution in [3.63, 3.8) is 0 Å². The van der Waals surface area contributed by atoms with Gasteiger partial charge in [-0.15, -0.1) is 21.5 Å². The molecule has 3 aromatic heterocycles. The van der Waals surface area contributed by atoms with Crippen molar-refractivity contribution in [2.24, 2.45) is 0 Å². The molecule has 7 nitrogen and oxygen atoms in total. The van der Waals surface area contributed by atoms with Crippen LogP contribution in [0.5, 0.6) is 0 Å². The van der Waals surface area contributed by atoms with Crippen LogP contribution >= 0.6 is 23.1 Å². The van der Waals surface area contributed by atoms with Crippen LogP contribution < -0.4 is 10.9 Å². The number of nitrogens with one attached hydrogen (secondary N) is 1. The number of thioether (sulfide) groups is 1. The Kier molecular flexibility index (Phi) is 5.80. The lowest BCUT2D eigenvalue weighted by molar-refractivity contribution is -0.114. The number of carbonyl (C=O) groups excluding carboxylic acids is 1. The third-order valence-electron chi connectivity index (χ3n) is 4.90. The average molecular weight is 475 g/mol. The van der Waals surface area contributed by atoms with E-state index in [1.54, 1.807) is 23.5 Å². The van der Waals surface area contributed by atoms with E-state index in [2.05, 4.69) is 15.5 Å². The second kappa shape index (κ2) is 9.05. The highest BCUT2D eigenvalue weighted by molar-refractivity contribution is 7.98. The van der Waals surface area contributed by atoms with Gasteiger partial charge in [0.1, 0.15) is 5.58 Å². The normalized spacial score (nSPS) is 11.1. The topological polar surface area (TPSA) is 90.0 Å². The van der Waals surface area contributed by atoms with Gasteiger partial charge in [0.15, 0.2) is 11.0 Å². The lowest BCUT2D eigenvalue weighted by Gasteiger charge is -2.10. The molecule has 0 aliphatic rings. The molecule has 0 spiro atoms. The zero-order chi connectivity index (χ0) is 22.8. The summed E-state index contributed by atoms with van der Waals surface area (Å²) in [6.07, 6.45) is 0. The van der Waals surface area contributed by atoms with Crippen LogP contribution in [-0.4, -0.2) is 20.7 Å². The highest BCUT2D eigenvalue weighted by Gasteiger charge is 2.17. The van der Waals surface area contributed by atoms with Crippen molar-refractivity contribution in [3.05, 3.63) is 88.1 Å². The summed E-state index contributed by atoms with van der Waals surface area (Å²) in [6.45, 7) is 1.43. The van der Waals surface area contributed by atoms with Crippen molar-refractivity contribution in [2.45, 2.75) is 17.8 Å². The van der Waals surface area contributed by atoms with Gasteiger partial charge in [0.05, 0.1) is 4.88 Å².